The number of pyridine rings is 1. The summed E-state index contributed by atoms with van der Waals surface area (Å²) < 4.78 is 1.91. The molecule has 5 rings (SSSR count). The Hall–Kier alpha value is -3.53. The molecule has 0 saturated heterocycles. The highest BCUT2D eigenvalue weighted by Gasteiger charge is 2.30. The maximum absolute atomic E-state index is 13.4. The van der Waals surface area contributed by atoms with Crippen molar-refractivity contribution in [2.45, 2.75) is 52.0 Å². The molecule has 170 valence electrons. The quantitative estimate of drug-likeness (QED) is 0.409. The third-order valence-electron chi connectivity index (χ3n) is 5.68. The molecule has 4 aromatic rings. The van der Waals surface area contributed by atoms with Gasteiger partial charge in [-0.1, -0.05) is 0 Å². The molecule has 1 fully saturated rings. The number of hydrogen-bond acceptors (Lipinski definition) is 6. The predicted molar refractivity (Wildman–Crippen MR) is 128 cm³/mol. The summed E-state index contributed by atoms with van der Waals surface area (Å²) in [5, 5.41) is 10.7. The van der Waals surface area contributed by atoms with Crippen LogP contribution >= 0.6 is 11.3 Å². The minimum Gasteiger partial charge on any atom is -0.364 e. The van der Waals surface area contributed by atoms with Crippen molar-refractivity contribution in [3.63, 3.8) is 0 Å². The number of amides is 2. The number of aromatic nitrogens is 5. The van der Waals surface area contributed by atoms with Gasteiger partial charge < -0.3 is 10.7 Å². The number of thiazole rings is 1. The molecule has 0 aliphatic heterocycles. The van der Waals surface area contributed by atoms with Crippen molar-refractivity contribution in [2.24, 2.45) is 5.73 Å². The third kappa shape index (κ3) is 3.91. The van der Waals surface area contributed by atoms with E-state index >= 15 is 0 Å². The van der Waals surface area contributed by atoms with Crippen molar-refractivity contribution in [1.82, 2.24) is 24.7 Å². The van der Waals surface area contributed by atoms with Crippen LogP contribution in [0.3, 0.4) is 0 Å². The maximum Gasteiger partial charge on any atom is 0.265 e. The molecule has 0 bridgehead atoms. The van der Waals surface area contributed by atoms with Gasteiger partial charge in [-0.25, -0.2) is 14.6 Å². The molecule has 1 saturated carbocycles. The van der Waals surface area contributed by atoms with Crippen LogP contribution in [0.2, 0.25) is 0 Å². The zero-order valence-corrected chi connectivity index (χ0v) is 19.7. The summed E-state index contributed by atoms with van der Waals surface area (Å²) >= 11 is 1.32. The van der Waals surface area contributed by atoms with E-state index in [4.69, 9.17) is 15.8 Å². The monoisotopic (exact) mass is 463 g/mol. The van der Waals surface area contributed by atoms with E-state index in [9.17, 15) is 9.59 Å². The van der Waals surface area contributed by atoms with Gasteiger partial charge in [-0.2, -0.15) is 5.10 Å². The fraction of sp³-hybridized carbons (Fsp3) is 0.348. The van der Waals surface area contributed by atoms with Gasteiger partial charge in [-0.15, -0.1) is 11.3 Å². The van der Waals surface area contributed by atoms with Crippen LogP contribution in [0.15, 0.2) is 23.7 Å². The Kier molecular flexibility index (Phi) is 4.86. The van der Waals surface area contributed by atoms with Gasteiger partial charge in [0, 0.05) is 28.8 Å². The van der Waals surface area contributed by atoms with Gasteiger partial charge >= 0.3 is 0 Å². The smallest absolute Gasteiger partial charge is 0.265 e. The summed E-state index contributed by atoms with van der Waals surface area (Å²) in [5.41, 5.74) is 9.73. The number of carbonyl (C=O) groups excluding carboxylic acids is 2. The molecule has 0 unspecified atom stereocenters. The van der Waals surface area contributed by atoms with Crippen molar-refractivity contribution in [3.8, 4) is 11.3 Å². The van der Waals surface area contributed by atoms with Gasteiger partial charge in [0.25, 0.3) is 11.8 Å². The van der Waals surface area contributed by atoms with Crippen LogP contribution < -0.4 is 11.1 Å². The van der Waals surface area contributed by atoms with Gasteiger partial charge in [0.05, 0.1) is 27.9 Å². The lowest BCUT2D eigenvalue weighted by Crippen LogP contribution is -2.23. The Labute approximate surface area is 194 Å². The number of anilines is 1. The Morgan fingerprint density at radius 3 is 2.64 bits per heavy atom. The largest absolute Gasteiger partial charge is 0.364 e. The molecule has 2 amide bonds. The van der Waals surface area contributed by atoms with E-state index in [-0.39, 0.29) is 11.4 Å². The van der Waals surface area contributed by atoms with E-state index in [0.29, 0.717) is 28.0 Å². The first kappa shape index (κ1) is 21.3. The fourth-order valence-electron chi connectivity index (χ4n) is 3.86. The topological polar surface area (TPSA) is 132 Å². The molecule has 0 aromatic carbocycles. The number of nitrogens with zero attached hydrogens (tertiary/aromatic N) is 4. The lowest BCUT2D eigenvalue weighted by molar-refractivity contribution is 0.0994. The number of hydrogen-bond donors (Lipinski definition) is 3. The number of primary amides is 1. The molecule has 1 aliphatic rings. The van der Waals surface area contributed by atoms with E-state index in [1.807, 2.05) is 23.1 Å². The molecule has 0 spiro atoms. The van der Waals surface area contributed by atoms with Crippen LogP contribution in [0.4, 0.5) is 5.13 Å². The maximum atomic E-state index is 13.4. The second kappa shape index (κ2) is 7.51. The average molecular weight is 464 g/mol. The van der Waals surface area contributed by atoms with Crippen LogP contribution in [0.5, 0.6) is 0 Å². The molecule has 1 aliphatic carbocycles. The molecule has 0 radical (unpaired) electrons. The molecule has 4 aromatic heterocycles. The van der Waals surface area contributed by atoms with Crippen LogP contribution in [-0.4, -0.2) is 36.5 Å². The first-order valence-electron chi connectivity index (χ1n) is 10.8. The van der Waals surface area contributed by atoms with E-state index in [1.54, 1.807) is 12.3 Å². The molecule has 10 heteroatoms. The van der Waals surface area contributed by atoms with E-state index in [0.717, 1.165) is 40.8 Å². The van der Waals surface area contributed by atoms with Crippen molar-refractivity contribution in [1.29, 1.82) is 0 Å². The van der Waals surface area contributed by atoms with Crippen molar-refractivity contribution in [2.75, 3.05) is 5.32 Å². The van der Waals surface area contributed by atoms with Crippen molar-refractivity contribution >= 4 is 39.3 Å². The Morgan fingerprint density at radius 1 is 1.24 bits per heavy atom. The second-order valence-corrected chi connectivity index (χ2v) is 10.3. The minimum atomic E-state index is -0.538. The van der Waals surface area contributed by atoms with Gasteiger partial charge in [-0.3, -0.25) is 14.9 Å². The number of aryl methyl sites for hydroxylation is 1. The highest BCUT2D eigenvalue weighted by Crippen LogP contribution is 2.41. The number of nitrogens with two attached hydrogens (primary N) is 1. The Balaban J connectivity index is 1.50. The van der Waals surface area contributed by atoms with E-state index in [1.165, 1.54) is 11.3 Å². The van der Waals surface area contributed by atoms with Gasteiger partial charge in [-0.05, 0) is 52.7 Å². The van der Waals surface area contributed by atoms with Crippen LogP contribution in [0.1, 0.15) is 71.8 Å². The molecule has 0 atom stereocenters. The number of H-pyrrole nitrogens is 1. The zero-order chi connectivity index (χ0) is 23.5. The average Bonchev–Trinajstić information content (AvgIpc) is 3.14. The third-order valence-corrected chi connectivity index (χ3v) is 6.43. The van der Waals surface area contributed by atoms with Crippen molar-refractivity contribution in [3.05, 3.63) is 46.4 Å². The van der Waals surface area contributed by atoms with Crippen molar-refractivity contribution < 1.29 is 9.59 Å². The minimum absolute atomic E-state index is 0.242. The highest BCUT2D eigenvalue weighted by atomic mass is 32.1. The number of carbonyl (C=O) groups is 2. The van der Waals surface area contributed by atoms with Crippen LogP contribution in [0, 0.1) is 6.92 Å². The number of rotatable bonds is 5. The first-order valence-corrected chi connectivity index (χ1v) is 11.7. The Morgan fingerprint density at radius 2 is 2.00 bits per heavy atom. The lowest BCUT2D eigenvalue weighted by atomic mass is 10.1. The highest BCUT2D eigenvalue weighted by molar-refractivity contribution is 7.14. The fourth-order valence-corrected chi connectivity index (χ4v) is 4.57. The SMILES string of the molecule is Cc1nn(C(C)(C)C)c2nc(C3CC3)cc(C(=O)Nc3nc(-c4c[nH]c(C(N)=O)c4)cs3)c12. The summed E-state index contributed by atoms with van der Waals surface area (Å²) in [6, 6.07) is 3.54. The lowest BCUT2D eigenvalue weighted by Gasteiger charge is -2.20. The standard InChI is InChI=1S/C23H25N7O2S/c1-11-18-14(8-15(12-5-6-12)26-20(18)30(29-11)23(2,3)4)21(32)28-22-27-17(10-33-22)13-7-16(19(24)31)25-9-13/h7-10,12,25H,5-6H2,1-4H3,(H2,24,31)(H,27,28,32). The number of nitrogens with one attached hydrogen (secondary N) is 2. The van der Waals surface area contributed by atoms with Gasteiger partial charge in [0.2, 0.25) is 0 Å². The van der Waals surface area contributed by atoms with E-state index < -0.39 is 5.91 Å². The summed E-state index contributed by atoms with van der Waals surface area (Å²) in [6.45, 7) is 8.13. The second-order valence-electron chi connectivity index (χ2n) is 9.39. The summed E-state index contributed by atoms with van der Waals surface area (Å²) in [7, 11) is 0. The number of fused-ring (bicyclic) bond motifs is 1. The Bertz CT molecular complexity index is 1400. The van der Waals surface area contributed by atoms with Gasteiger partial charge in [0.15, 0.2) is 10.8 Å². The van der Waals surface area contributed by atoms with E-state index in [2.05, 4.69) is 36.1 Å². The first-order chi connectivity index (χ1) is 15.6. The normalized spacial score (nSPS) is 14.1. The van der Waals surface area contributed by atoms with Crippen LogP contribution in [0.25, 0.3) is 22.3 Å². The summed E-state index contributed by atoms with van der Waals surface area (Å²) in [4.78, 5) is 37.0. The molecular weight excluding hydrogens is 438 g/mol. The summed E-state index contributed by atoms with van der Waals surface area (Å²) in [6.07, 6.45) is 3.84. The summed E-state index contributed by atoms with van der Waals surface area (Å²) in [5.74, 6) is -0.387. The number of aromatic amines is 1. The zero-order valence-electron chi connectivity index (χ0n) is 18.9. The molecule has 4 heterocycles. The molecular formula is C23H25N7O2S. The molecule has 9 nitrogen and oxygen atoms in total. The molecule has 4 N–H and O–H groups in total. The predicted octanol–water partition coefficient (Wildman–Crippen LogP) is 4.17. The van der Waals surface area contributed by atoms with Gasteiger partial charge in [0.1, 0.15) is 5.69 Å². The molecule has 33 heavy (non-hydrogen) atoms. The van der Waals surface area contributed by atoms with Crippen LogP contribution in [-0.2, 0) is 5.54 Å².